The Kier molecular flexibility index (Phi) is 6.41. The summed E-state index contributed by atoms with van der Waals surface area (Å²) in [6.45, 7) is 1.71. The fraction of sp³-hybridized carbons (Fsp3) is 0.529. The molecule has 1 aromatic rings. The predicted octanol–water partition coefficient (Wildman–Crippen LogP) is 1.91. The number of anilines is 1. The molecule has 1 aliphatic rings. The van der Waals surface area contributed by atoms with E-state index >= 15 is 0 Å². The van der Waals surface area contributed by atoms with Gasteiger partial charge in [0.1, 0.15) is 0 Å². The van der Waals surface area contributed by atoms with Crippen molar-refractivity contribution in [1.82, 2.24) is 5.32 Å². The van der Waals surface area contributed by atoms with Gasteiger partial charge in [0.15, 0.2) is 6.61 Å². The Labute approximate surface area is 148 Å². The highest BCUT2D eigenvalue weighted by Gasteiger charge is 2.23. The van der Waals surface area contributed by atoms with Crippen LogP contribution in [0, 0.1) is 5.92 Å². The van der Waals surface area contributed by atoms with Gasteiger partial charge in [0.25, 0.3) is 5.91 Å². The average molecular weight is 368 g/mol. The highest BCUT2D eigenvalue weighted by molar-refractivity contribution is 7.92. The molecule has 0 heterocycles. The number of rotatable bonds is 6. The number of benzene rings is 1. The molecule has 1 aliphatic carbocycles. The number of carbonyl (C=O) groups is 2. The Morgan fingerprint density at radius 3 is 2.56 bits per heavy atom. The summed E-state index contributed by atoms with van der Waals surface area (Å²) in [7, 11) is -3.53. The van der Waals surface area contributed by atoms with Gasteiger partial charge in [0.2, 0.25) is 10.0 Å². The molecule has 2 atom stereocenters. The summed E-state index contributed by atoms with van der Waals surface area (Å²) < 4.78 is 30.0. The normalized spacial score (nSPS) is 20.6. The molecule has 0 unspecified atom stereocenters. The second kappa shape index (κ2) is 8.33. The molecule has 0 spiro atoms. The van der Waals surface area contributed by atoms with Crippen molar-refractivity contribution >= 4 is 27.6 Å². The number of para-hydroxylation sites is 1. The van der Waals surface area contributed by atoms with Gasteiger partial charge in [-0.25, -0.2) is 13.2 Å². The van der Waals surface area contributed by atoms with Gasteiger partial charge < -0.3 is 10.1 Å². The average Bonchev–Trinajstić information content (AvgIpc) is 2.54. The quantitative estimate of drug-likeness (QED) is 0.747. The van der Waals surface area contributed by atoms with Crippen molar-refractivity contribution in [3.8, 4) is 0 Å². The van der Waals surface area contributed by atoms with E-state index in [1.165, 1.54) is 18.6 Å². The highest BCUT2D eigenvalue weighted by atomic mass is 32.2. The third-order valence-electron chi connectivity index (χ3n) is 4.23. The van der Waals surface area contributed by atoms with E-state index in [4.69, 9.17) is 4.74 Å². The number of hydrogen-bond donors (Lipinski definition) is 2. The van der Waals surface area contributed by atoms with Crippen LogP contribution >= 0.6 is 0 Å². The van der Waals surface area contributed by atoms with Gasteiger partial charge in [-0.05, 0) is 30.9 Å². The summed E-state index contributed by atoms with van der Waals surface area (Å²) in [5.74, 6) is -0.688. The zero-order valence-corrected chi connectivity index (χ0v) is 15.3. The molecule has 8 heteroatoms. The molecule has 0 aliphatic heterocycles. The van der Waals surface area contributed by atoms with Crippen LogP contribution in [0.4, 0.5) is 5.69 Å². The van der Waals surface area contributed by atoms with E-state index in [0.29, 0.717) is 5.92 Å². The lowest BCUT2D eigenvalue weighted by Gasteiger charge is -2.29. The number of sulfonamides is 1. The topological polar surface area (TPSA) is 102 Å². The zero-order valence-electron chi connectivity index (χ0n) is 14.4. The maximum absolute atomic E-state index is 12.2. The standard InChI is InChI=1S/C17H24N2O5S/c1-12-7-3-5-9-14(12)18-16(20)11-24-17(21)13-8-4-6-10-15(13)19-25(2,22)23/h4,6,8,10,12,14,19H,3,5,7,9,11H2,1-2H3,(H,18,20)/t12-,14+/m0/s1. The largest absolute Gasteiger partial charge is 0.452 e. The van der Waals surface area contributed by atoms with Crippen LogP contribution < -0.4 is 10.0 Å². The molecule has 7 nitrogen and oxygen atoms in total. The van der Waals surface area contributed by atoms with Crippen LogP contribution in [0.2, 0.25) is 0 Å². The minimum atomic E-state index is -3.53. The van der Waals surface area contributed by atoms with Gasteiger partial charge in [0.05, 0.1) is 17.5 Å². The van der Waals surface area contributed by atoms with Gasteiger partial charge in [0, 0.05) is 6.04 Å². The van der Waals surface area contributed by atoms with Crippen LogP contribution in [0.25, 0.3) is 0 Å². The summed E-state index contributed by atoms with van der Waals surface area (Å²) in [5.41, 5.74) is 0.183. The lowest BCUT2D eigenvalue weighted by Crippen LogP contribution is -2.42. The molecule has 25 heavy (non-hydrogen) atoms. The molecule has 138 valence electrons. The SMILES string of the molecule is C[C@H]1CCCC[C@H]1NC(=O)COC(=O)c1ccccc1NS(C)(=O)=O. The van der Waals surface area contributed by atoms with Crippen LogP contribution in [0.1, 0.15) is 43.0 Å². The fourth-order valence-corrected chi connectivity index (χ4v) is 3.52. The Morgan fingerprint density at radius 1 is 1.20 bits per heavy atom. The molecule has 1 aromatic carbocycles. The van der Waals surface area contributed by atoms with Crippen molar-refractivity contribution in [3.63, 3.8) is 0 Å². The van der Waals surface area contributed by atoms with Gasteiger partial charge in [-0.15, -0.1) is 0 Å². The van der Waals surface area contributed by atoms with Gasteiger partial charge >= 0.3 is 5.97 Å². The lowest BCUT2D eigenvalue weighted by atomic mass is 9.86. The van der Waals surface area contributed by atoms with Crippen molar-refractivity contribution in [3.05, 3.63) is 29.8 Å². The Hall–Kier alpha value is -2.09. The van der Waals surface area contributed by atoms with Gasteiger partial charge in [-0.3, -0.25) is 9.52 Å². The second-order valence-corrected chi connectivity index (χ2v) is 8.18. The van der Waals surface area contributed by atoms with Crippen molar-refractivity contribution in [2.75, 3.05) is 17.6 Å². The van der Waals surface area contributed by atoms with E-state index in [2.05, 4.69) is 17.0 Å². The number of carbonyl (C=O) groups excluding carboxylic acids is 2. The monoisotopic (exact) mass is 368 g/mol. The lowest BCUT2D eigenvalue weighted by molar-refractivity contribution is -0.125. The van der Waals surface area contributed by atoms with Crippen LogP contribution in [-0.4, -0.2) is 39.2 Å². The molecule has 0 bridgehead atoms. The van der Waals surface area contributed by atoms with Crippen LogP contribution in [0.15, 0.2) is 24.3 Å². The Balaban J connectivity index is 1.93. The van der Waals surface area contributed by atoms with E-state index in [1.807, 2.05) is 0 Å². The molecule has 1 fully saturated rings. The van der Waals surface area contributed by atoms with Crippen LogP contribution in [-0.2, 0) is 19.6 Å². The zero-order chi connectivity index (χ0) is 18.4. The summed E-state index contributed by atoms with van der Waals surface area (Å²) >= 11 is 0. The van der Waals surface area contributed by atoms with E-state index < -0.39 is 22.6 Å². The van der Waals surface area contributed by atoms with Gasteiger partial charge in [-0.2, -0.15) is 0 Å². The first kappa shape index (κ1) is 19.2. The summed E-state index contributed by atoms with van der Waals surface area (Å²) in [5, 5.41) is 2.90. The van der Waals surface area contributed by atoms with E-state index in [9.17, 15) is 18.0 Å². The molecule has 0 radical (unpaired) electrons. The number of ether oxygens (including phenoxy) is 1. The first-order valence-corrected chi connectivity index (χ1v) is 10.2. The van der Waals surface area contributed by atoms with Crippen molar-refractivity contribution in [2.24, 2.45) is 5.92 Å². The molecule has 2 rings (SSSR count). The summed E-state index contributed by atoms with van der Waals surface area (Å²) in [6.07, 6.45) is 5.26. The number of hydrogen-bond acceptors (Lipinski definition) is 5. The Bertz CT molecular complexity index is 732. The van der Waals surface area contributed by atoms with E-state index in [1.54, 1.807) is 12.1 Å². The van der Waals surface area contributed by atoms with Crippen molar-refractivity contribution in [2.45, 2.75) is 38.6 Å². The van der Waals surface area contributed by atoms with Crippen LogP contribution in [0.3, 0.4) is 0 Å². The molecule has 0 aromatic heterocycles. The van der Waals surface area contributed by atoms with Crippen molar-refractivity contribution < 1.29 is 22.7 Å². The van der Waals surface area contributed by atoms with Crippen LogP contribution in [0.5, 0.6) is 0 Å². The van der Waals surface area contributed by atoms with E-state index in [-0.39, 0.29) is 23.2 Å². The summed E-state index contributed by atoms with van der Waals surface area (Å²) in [6, 6.07) is 6.20. The third-order valence-corrected chi connectivity index (χ3v) is 4.83. The molecule has 0 saturated heterocycles. The maximum Gasteiger partial charge on any atom is 0.340 e. The molecular weight excluding hydrogens is 344 g/mol. The second-order valence-electron chi connectivity index (χ2n) is 6.43. The fourth-order valence-electron chi connectivity index (χ4n) is 2.94. The third kappa shape index (κ3) is 6.04. The highest BCUT2D eigenvalue weighted by Crippen LogP contribution is 2.23. The minimum Gasteiger partial charge on any atom is -0.452 e. The summed E-state index contributed by atoms with van der Waals surface area (Å²) in [4.78, 5) is 24.2. The first-order chi connectivity index (χ1) is 11.8. The maximum atomic E-state index is 12.2. The minimum absolute atomic E-state index is 0.0618. The number of nitrogens with one attached hydrogen (secondary N) is 2. The molecule has 1 amide bonds. The molecule has 1 saturated carbocycles. The Morgan fingerprint density at radius 2 is 1.88 bits per heavy atom. The smallest absolute Gasteiger partial charge is 0.340 e. The predicted molar refractivity (Wildman–Crippen MR) is 94.8 cm³/mol. The first-order valence-electron chi connectivity index (χ1n) is 8.29. The number of amides is 1. The van der Waals surface area contributed by atoms with E-state index in [0.717, 1.165) is 25.5 Å². The number of esters is 1. The molecular formula is C17H24N2O5S. The molecule has 2 N–H and O–H groups in total. The van der Waals surface area contributed by atoms with Gasteiger partial charge in [-0.1, -0.05) is 31.9 Å². The van der Waals surface area contributed by atoms with Crippen molar-refractivity contribution in [1.29, 1.82) is 0 Å².